The van der Waals surface area contributed by atoms with Crippen LogP contribution in [0.5, 0.6) is 0 Å². The monoisotopic (exact) mass is 664 g/mol. The molecule has 1 heterocycles. The van der Waals surface area contributed by atoms with Gasteiger partial charge < -0.3 is 38.5 Å². The number of fused-ring (bicyclic) bond motifs is 1. The summed E-state index contributed by atoms with van der Waals surface area (Å²) in [5.74, 6) is -0.590. The SMILES string of the molecule is O=C1c2ccccc2C(=O)N1CCOCCOCCOCCOCCOCCOCCOCCNc1ccc([N+](=O)[O-])cc1[N+](=O)[O-]. The molecule has 0 fully saturated rings. The van der Waals surface area contributed by atoms with E-state index in [1.807, 2.05) is 0 Å². The summed E-state index contributed by atoms with van der Waals surface area (Å²) in [7, 11) is 0. The smallest absolute Gasteiger partial charge is 0.299 e. The van der Waals surface area contributed by atoms with Gasteiger partial charge in [-0.15, -0.1) is 0 Å². The Kier molecular flexibility index (Phi) is 17.2. The second kappa shape index (κ2) is 21.6. The van der Waals surface area contributed by atoms with E-state index in [1.54, 1.807) is 24.3 Å². The summed E-state index contributed by atoms with van der Waals surface area (Å²) >= 11 is 0. The van der Waals surface area contributed by atoms with Gasteiger partial charge in [-0.2, -0.15) is 0 Å². The van der Waals surface area contributed by atoms with Crippen LogP contribution in [0.25, 0.3) is 0 Å². The van der Waals surface area contributed by atoms with Crippen molar-refractivity contribution in [3.8, 4) is 0 Å². The van der Waals surface area contributed by atoms with Gasteiger partial charge in [0, 0.05) is 12.6 Å². The lowest BCUT2D eigenvalue weighted by atomic mass is 10.1. The summed E-state index contributed by atoms with van der Waals surface area (Å²) in [6, 6.07) is 10.2. The Bertz CT molecular complexity index is 1260. The molecule has 17 heteroatoms. The summed E-state index contributed by atoms with van der Waals surface area (Å²) in [6.07, 6.45) is 0. The van der Waals surface area contributed by atoms with Gasteiger partial charge in [-0.05, 0) is 18.2 Å². The minimum atomic E-state index is -0.687. The first kappa shape index (κ1) is 37.4. The highest BCUT2D eigenvalue weighted by molar-refractivity contribution is 6.21. The second-order valence-corrected chi connectivity index (χ2v) is 9.74. The predicted octanol–water partition coefficient (Wildman–Crippen LogP) is 2.33. The van der Waals surface area contributed by atoms with Crippen LogP contribution in [0, 0.1) is 20.2 Å². The number of hydrogen-bond donors (Lipinski definition) is 1. The zero-order valence-electron chi connectivity index (χ0n) is 26.0. The molecule has 0 spiro atoms. The zero-order chi connectivity index (χ0) is 33.7. The van der Waals surface area contributed by atoms with E-state index < -0.39 is 9.85 Å². The number of ether oxygens (including phenoxy) is 7. The van der Waals surface area contributed by atoms with E-state index in [9.17, 15) is 29.8 Å². The average Bonchev–Trinajstić information content (AvgIpc) is 3.31. The number of amides is 2. The summed E-state index contributed by atoms with van der Waals surface area (Å²) in [5.41, 5.74) is 0.303. The van der Waals surface area contributed by atoms with E-state index in [0.717, 1.165) is 6.07 Å². The number of nitrogens with one attached hydrogen (secondary N) is 1. The van der Waals surface area contributed by atoms with Gasteiger partial charge >= 0.3 is 0 Å². The van der Waals surface area contributed by atoms with Crippen LogP contribution in [0.3, 0.4) is 0 Å². The molecule has 0 unspecified atom stereocenters. The molecule has 2 amide bonds. The highest BCUT2D eigenvalue weighted by Gasteiger charge is 2.34. The first-order chi connectivity index (χ1) is 22.9. The Morgan fingerprint density at radius 3 is 1.43 bits per heavy atom. The van der Waals surface area contributed by atoms with Crippen LogP contribution in [0.4, 0.5) is 17.1 Å². The Labute approximate surface area is 271 Å². The fourth-order valence-electron chi connectivity index (χ4n) is 4.21. The summed E-state index contributed by atoms with van der Waals surface area (Å²) in [4.78, 5) is 46.3. The van der Waals surface area contributed by atoms with Crippen molar-refractivity contribution in [1.82, 2.24) is 4.90 Å². The first-order valence-electron chi connectivity index (χ1n) is 15.1. The van der Waals surface area contributed by atoms with Crippen LogP contribution in [0.15, 0.2) is 42.5 Å². The van der Waals surface area contributed by atoms with Gasteiger partial charge in [0.2, 0.25) is 0 Å². The number of nitro benzene ring substituents is 2. The Hall–Kier alpha value is -4.10. The van der Waals surface area contributed by atoms with Gasteiger partial charge in [-0.3, -0.25) is 34.7 Å². The number of benzene rings is 2. The molecule has 17 nitrogen and oxygen atoms in total. The second-order valence-electron chi connectivity index (χ2n) is 9.74. The van der Waals surface area contributed by atoms with Crippen molar-refractivity contribution in [1.29, 1.82) is 0 Å². The molecule has 0 radical (unpaired) electrons. The molecule has 0 atom stereocenters. The topological polar surface area (TPSA) is 200 Å². The maximum absolute atomic E-state index is 12.3. The number of non-ortho nitro benzene ring substituents is 1. The molecular weight excluding hydrogens is 624 g/mol. The molecule has 0 saturated heterocycles. The highest BCUT2D eigenvalue weighted by Crippen LogP contribution is 2.28. The van der Waals surface area contributed by atoms with Crippen molar-refractivity contribution in [2.75, 3.05) is 111 Å². The fraction of sp³-hybridized carbons (Fsp3) is 0.533. The van der Waals surface area contributed by atoms with Gasteiger partial charge in [0.1, 0.15) is 5.69 Å². The van der Waals surface area contributed by atoms with E-state index in [2.05, 4.69) is 5.32 Å². The fourth-order valence-corrected chi connectivity index (χ4v) is 4.21. The standard InChI is InChI=1S/C30H40N4O13/c35-29-25-3-1-2-4-26(25)30(36)32(29)8-10-42-12-14-44-16-18-46-20-22-47-21-19-45-17-15-43-13-11-41-9-7-31-27-6-5-24(33(37)38)23-28(27)34(39)40/h1-6,23,31H,7-22H2. The van der Waals surface area contributed by atoms with Gasteiger partial charge in [-0.1, -0.05) is 12.1 Å². The van der Waals surface area contributed by atoms with Gasteiger partial charge in [0.25, 0.3) is 23.2 Å². The molecule has 1 aliphatic rings. The molecule has 0 aromatic heterocycles. The lowest BCUT2D eigenvalue weighted by Gasteiger charge is -2.13. The van der Waals surface area contributed by atoms with Crippen molar-refractivity contribution >= 4 is 28.9 Å². The molecule has 0 aliphatic carbocycles. The average molecular weight is 665 g/mol. The van der Waals surface area contributed by atoms with Crippen LogP contribution in [-0.4, -0.2) is 132 Å². The van der Waals surface area contributed by atoms with Crippen LogP contribution in [0.2, 0.25) is 0 Å². The number of anilines is 1. The molecule has 3 rings (SSSR count). The normalized spacial score (nSPS) is 12.5. The van der Waals surface area contributed by atoms with Crippen LogP contribution in [-0.2, 0) is 33.2 Å². The van der Waals surface area contributed by atoms with Gasteiger partial charge in [-0.25, -0.2) is 0 Å². The molecule has 2 aromatic rings. The number of nitro groups is 2. The summed E-state index contributed by atoms with van der Waals surface area (Å²) in [5, 5.41) is 24.8. The van der Waals surface area contributed by atoms with Crippen molar-refractivity contribution in [2.24, 2.45) is 0 Å². The van der Waals surface area contributed by atoms with Crippen molar-refractivity contribution in [3.05, 3.63) is 73.8 Å². The quantitative estimate of drug-likeness (QED) is 0.0631. The lowest BCUT2D eigenvalue weighted by molar-refractivity contribution is -0.393. The van der Waals surface area contributed by atoms with Crippen LogP contribution >= 0.6 is 0 Å². The van der Waals surface area contributed by atoms with Crippen molar-refractivity contribution in [2.45, 2.75) is 0 Å². The first-order valence-corrected chi connectivity index (χ1v) is 15.1. The minimum Gasteiger partial charge on any atom is -0.377 e. The highest BCUT2D eigenvalue weighted by atomic mass is 16.6. The largest absolute Gasteiger partial charge is 0.377 e. The molecule has 1 N–H and O–H groups in total. The van der Waals surface area contributed by atoms with E-state index in [0.29, 0.717) is 90.4 Å². The molecule has 258 valence electrons. The molecule has 2 aromatic carbocycles. The number of rotatable bonds is 27. The maximum Gasteiger partial charge on any atom is 0.299 e. The Balaban J connectivity index is 1.01. The summed E-state index contributed by atoms with van der Waals surface area (Å²) < 4.78 is 38.0. The van der Waals surface area contributed by atoms with E-state index in [4.69, 9.17) is 33.2 Å². The van der Waals surface area contributed by atoms with Crippen LogP contribution in [0.1, 0.15) is 20.7 Å². The third-order valence-electron chi connectivity index (χ3n) is 6.52. The number of carbonyl (C=O) groups excluding carboxylic acids is 2. The molecule has 0 saturated carbocycles. The van der Waals surface area contributed by atoms with Crippen molar-refractivity contribution in [3.63, 3.8) is 0 Å². The predicted molar refractivity (Wildman–Crippen MR) is 166 cm³/mol. The number of hydrogen-bond acceptors (Lipinski definition) is 14. The molecular formula is C30H40N4O13. The Morgan fingerprint density at radius 1 is 0.574 bits per heavy atom. The number of nitrogens with zero attached hydrogens (tertiary/aromatic N) is 3. The number of carbonyl (C=O) groups is 2. The van der Waals surface area contributed by atoms with E-state index in [-0.39, 0.29) is 55.2 Å². The molecule has 1 aliphatic heterocycles. The van der Waals surface area contributed by atoms with E-state index >= 15 is 0 Å². The Morgan fingerprint density at radius 2 is 1.00 bits per heavy atom. The lowest BCUT2D eigenvalue weighted by Crippen LogP contribution is -2.33. The molecule has 0 bridgehead atoms. The van der Waals surface area contributed by atoms with E-state index in [1.165, 1.54) is 17.0 Å². The van der Waals surface area contributed by atoms with Gasteiger partial charge in [0.15, 0.2) is 0 Å². The van der Waals surface area contributed by atoms with Crippen LogP contribution < -0.4 is 5.32 Å². The zero-order valence-corrected chi connectivity index (χ0v) is 26.0. The molecule has 47 heavy (non-hydrogen) atoms. The van der Waals surface area contributed by atoms with Crippen molar-refractivity contribution < 1.29 is 52.6 Å². The third-order valence-corrected chi connectivity index (χ3v) is 6.52. The van der Waals surface area contributed by atoms with Gasteiger partial charge in [0.05, 0.1) is 126 Å². The minimum absolute atomic E-state index is 0.178. The third kappa shape index (κ3) is 13.3. The summed E-state index contributed by atoms with van der Waals surface area (Å²) in [6.45, 7) is 5.64. The number of imide groups is 1. The maximum atomic E-state index is 12.3.